The Hall–Kier alpha value is -2.50. The highest BCUT2D eigenvalue weighted by Crippen LogP contribution is 2.34. The first kappa shape index (κ1) is 17.9. The van der Waals surface area contributed by atoms with Gasteiger partial charge >= 0.3 is 5.97 Å². The summed E-state index contributed by atoms with van der Waals surface area (Å²) in [6, 6.07) is 15.6. The van der Waals surface area contributed by atoms with Gasteiger partial charge in [0, 0.05) is 28.5 Å². The fraction of sp³-hybridized carbons (Fsp3) is 0.182. The van der Waals surface area contributed by atoms with Gasteiger partial charge in [-0.1, -0.05) is 53.2 Å². The van der Waals surface area contributed by atoms with E-state index in [4.69, 9.17) is 4.98 Å². The van der Waals surface area contributed by atoms with Crippen molar-refractivity contribution in [2.75, 3.05) is 13.1 Å². The second-order valence-corrected chi connectivity index (χ2v) is 7.58. The molecule has 3 aromatic rings. The van der Waals surface area contributed by atoms with Gasteiger partial charge in [-0.25, -0.2) is 9.78 Å². The Morgan fingerprint density at radius 3 is 2.63 bits per heavy atom. The quantitative estimate of drug-likeness (QED) is 0.639. The fourth-order valence-electron chi connectivity index (χ4n) is 3.61. The summed E-state index contributed by atoms with van der Waals surface area (Å²) < 4.78 is 1.03. The van der Waals surface area contributed by atoms with Gasteiger partial charge in [0.2, 0.25) is 0 Å². The van der Waals surface area contributed by atoms with Crippen molar-refractivity contribution in [3.8, 4) is 0 Å². The van der Waals surface area contributed by atoms with Crippen LogP contribution in [0.15, 0.2) is 53.0 Å². The molecule has 1 aliphatic rings. The van der Waals surface area contributed by atoms with Gasteiger partial charge in [0.05, 0.1) is 16.8 Å². The number of halogens is 1. The molecule has 27 heavy (non-hydrogen) atoms. The van der Waals surface area contributed by atoms with Crippen LogP contribution in [0.2, 0.25) is 0 Å². The summed E-state index contributed by atoms with van der Waals surface area (Å²) in [5.74, 6) is -0.897. The molecule has 0 amide bonds. The first-order valence-corrected chi connectivity index (χ1v) is 9.70. The minimum Gasteiger partial charge on any atom is -0.478 e. The maximum Gasteiger partial charge on any atom is 0.336 e. The second kappa shape index (κ2) is 7.25. The molecule has 0 atom stereocenters. The number of carboxylic acids is 1. The van der Waals surface area contributed by atoms with Crippen molar-refractivity contribution in [3.63, 3.8) is 0 Å². The number of pyridine rings is 1. The van der Waals surface area contributed by atoms with Crippen LogP contribution in [-0.2, 0) is 6.54 Å². The van der Waals surface area contributed by atoms with Crippen LogP contribution >= 0.6 is 15.9 Å². The Morgan fingerprint density at radius 1 is 1.19 bits per heavy atom. The maximum atomic E-state index is 12.1. The van der Waals surface area contributed by atoms with Gasteiger partial charge in [-0.3, -0.25) is 4.90 Å². The zero-order chi connectivity index (χ0) is 19.0. The molecular formula is C22H19BrN2O2. The Labute approximate surface area is 166 Å². The standard InChI is InChI=1S/C22H19BrN2O2/c1-2-25-12-15(11-14-7-9-16(23)10-8-14)21-18(13-25)20(22(26)27)17-5-3-4-6-19(17)24-21/h3-11H,2,12-13H2,1H3,(H,26,27)/b15-11+. The van der Waals surface area contributed by atoms with Crippen molar-refractivity contribution in [1.29, 1.82) is 0 Å². The first-order valence-electron chi connectivity index (χ1n) is 8.90. The van der Waals surface area contributed by atoms with Crippen molar-refractivity contribution < 1.29 is 9.90 Å². The van der Waals surface area contributed by atoms with E-state index in [1.165, 1.54) is 0 Å². The largest absolute Gasteiger partial charge is 0.478 e. The lowest BCUT2D eigenvalue weighted by Crippen LogP contribution is -2.31. The lowest BCUT2D eigenvalue weighted by atomic mass is 9.92. The summed E-state index contributed by atoms with van der Waals surface area (Å²) in [6.07, 6.45) is 2.11. The zero-order valence-corrected chi connectivity index (χ0v) is 16.5. The summed E-state index contributed by atoms with van der Waals surface area (Å²) in [5.41, 5.74) is 4.82. The number of carboxylic acid groups (broad SMARTS) is 1. The van der Waals surface area contributed by atoms with Crippen LogP contribution in [0.25, 0.3) is 22.6 Å². The minimum absolute atomic E-state index is 0.371. The molecule has 1 N–H and O–H groups in total. The van der Waals surface area contributed by atoms with Gasteiger partial charge in [-0.2, -0.15) is 0 Å². The number of rotatable bonds is 3. The molecule has 0 unspecified atom stereocenters. The van der Waals surface area contributed by atoms with Gasteiger partial charge in [0.1, 0.15) is 0 Å². The van der Waals surface area contributed by atoms with Crippen molar-refractivity contribution in [1.82, 2.24) is 9.88 Å². The van der Waals surface area contributed by atoms with Gasteiger partial charge in [-0.05, 0) is 42.0 Å². The lowest BCUT2D eigenvalue weighted by Gasteiger charge is -2.30. The molecule has 2 heterocycles. The van der Waals surface area contributed by atoms with Crippen LogP contribution in [0.4, 0.5) is 0 Å². The molecule has 0 spiro atoms. The molecule has 0 saturated heterocycles. The monoisotopic (exact) mass is 422 g/mol. The molecule has 0 aliphatic carbocycles. The maximum absolute atomic E-state index is 12.1. The summed E-state index contributed by atoms with van der Waals surface area (Å²) in [4.78, 5) is 19.2. The average Bonchev–Trinajstić information content (AvgIpc) is 2.67. The van der Waals surface area contributed by atoms with E-state index in [2.05, 4.69) is 33.8 Å². The van der Waals surface area contributed by atoms with E-state index >= 15 is 0 Å². The highest BCUT2D eigenvalue weighted by Gasteiger charge is 2.27. The van der Waals surface area contributed by atoms with E-state index in [0.717, 1.165) is 45.5 Å². The van der Waals surface area contributed by atoms with Crippen molar-refractivity contribution >= 4 is 44.5 Å². The fourth-order valence-corrected chi connectivity index (χ4v) is 3.87. The number of para-hydroxylation sites is 1. The third kappa shape index (κ3) is 3.40. The van der Waals surface area contributed by atoms with Gasteiger partial charge in [0.15, 0.2) is 0 Å². The predicted molar refractivity (Wildman–Crippen MR) is 112 cm³/mol. The number of hydrogen-bond donors (Lipinski definition) is 1. The Kier molecular flexibility index (Phi) is 4.81. The molecule has 0 saturated carbocycles. The highest BCUT2D eigenvalue weighted by atomic mass is 79.9. The Bertz CT molecular complexity index is 1060. The van der Waals surface area contributed by atoms with E-state index in [0.29, 0.717) is 17.5 Å². The third-order valence-electron chi connectivity index (χ3n) is 4.95. The SMILES string of the molecule is CCN1C/C(=C\c2ccc(Br)cc2)c2nc3ccccc3c(C(=O)O)c2C1. The van der Waals surface area contributed by atoms with Crippen LogP contribution in [0.3, 0.4) is 0 Å². The number of likely N-dealkylation sites (N-methyl/N-ethyl adjacent to an activating group) is 1. The number of benzene rings is 2. The van der Waals surface area contributed by atoms with Crippen molar-refractivity contribution in [2.45, 2.75) is 13.5 Å². The minimum atomic E-state index is -0.897. The number of aromatic carboxylic acids is 1. The molecule has 0 bridgehead atoms. The molecule has 0 fully saturated rings. The summed E-state index contributed by atoms with van der Waals surface area (Å²) in [7, 11) is 0. The average molecular weight is 423 g/mol. The van der Waals surface area contributed by atoms with Crippen LogP contribution in [-0.4, -0.2) is 34.0 Å². The van der Waals surface area contributed by atoms with Crippen LogP contribution in [0, 0.1) is 0 Å². The van der Waals surface area contributed by atoms with E-state index in [1.54, 1.807) is 0 Å². The molecule has 5 heteroatoms. The number of aromatic nitrogens is 1. The molecule has 4 rings (SSSR count). The van der Waals surface area contributed by atoms with Crippen LogP contribution in [0.5, 0.6) is 0 Å². The number of fused-ring (bicyclic) bond motifs is 2. The first-order chi connectivity index (χ1) is 13.1. The molecule has 136 valence electrons. The predicted octanol–water partition coefficient (Wildman–Crippen LogP) is 5.07. The molecule has 1 aromatic heterocycles. The zero-order valence-electron chi connectivity index (χ0n) is 14.9. The third-order valence-corrected chi connectivity index (χ3v) is 5.47. The van der Waals surface area contributed by atoms with E-state index in [1.807, 2.05) is 48.5 Å². The summed E-state index contributed by atoms with van der Waals surface area (Å²) >= 11 is 3.46. The number of nitrogens with zero attached hydrogens (tertiary/aromatic N) is 2. The normalized spacial score (nSPS) is 15.9. The van der Waals surface area contributed by atoms with E-state index < -0.39 is 5.97 Å². The van der Waals surface area contributed by atoms with Crippen LogP contribution in [0.1, 0.15) is 34.1 Å². The topological polar surface area (TPSA) is 53.4 Å². The number of carbonyl (C=O) groups is 1. The number of hydrogen-bond acceptors (Lipinski definition) is 3. The molecule has 0 radical (unpaired) electrons. The van der Waals surface area contributed by atoms with Crippen molar-refractivity contribution in [3.05, 3.63) is 75.4 Å². The molecular weight excluding hydrogens is 404 g/mol. The van der Waals surface area contributed by atoms with E-state index in [-0.39, 0.29) is 0 Å². The van der Waals surface area contributed by atoms with Gasteiger partial charge < -0.3 is 5.11 Å². The highest BCUT2D eigenvalue weighted by molar-refractivity contribution is 9.10. The Morgan fingerprint density at radius 2 is 1.93 bits per heavy atom. The Balaban J connectivity index is 1.97. The smallest absolute Gasteiger partial charge is 0.336 e. The van der Waals surface area contributed by atoms with E-state index in [9.17, 15) is 9.90 Å². The van der Waals surface area contributed by atoms with Gasteiger partial charge in [0.25, 0.3) is 0 Å². The van der Waals surface area contributed by atoms with Gasteiger partial charge in [-0.15, -0.1) is 0 Å². The lowest BCUT2D eigenvalue weighted by molar-refractivity contribution is 0.0696. The summed E-state index contributed by atoms with van der Waals surface area (Å²) in [6.45, 7) is 4.30. The molecule has 1 aliphatic heterocycles. The molecule has 2 aromatic carbocycles. The molecule has 4 nitrogen and oxygen atoms in total. The van der Waals surface area contributed by atoms with Crippen LogP contribution < -0.4 is 0 Å². The second-order valence-electron chi connectivity index (χ2n) is 6.66. The van der Waals surface area contributed by atoms with Crippen molar-refractivity contribution in [2.24, 2.45) is 0 Å². The summed E-state index contributed by atoms with van der Waals surface area (Å²) in [5, 5.41) is 10.6.